The lowest BCUT2D eigenvalue weighted by Crippen LogP contribution is -2.14. The number of primary sulfonamides is 1. The molecule has 218 valence electrons. The van der Waals surface area contributed by atoms with Crippen molar-refractivity contribution in [1.29, 1.82) is 0 Å². The number of carbonyl (C=O) groups is 1. The summed E-state index contributed by atoms with van der Waals surface area (Å²) in [6.07, 6.45) is 5.19. The zero-order valence-electron chi connectivity index (χ0n) is 23.0. The summed E-state index contributed by atoms with van der Waals surface area (Å²) in [6.45, 7) is 2.04. The highest BCUT2D eigenvalue weighted by Gasteiger charge is 2.28. The van der Waals surface area contributed by atoms with Crippen LogP contribution in [-0.4, -0.2) is 29.0 Å². The Kier molecular flexibility index (Phi) is 7.79. The zero-order chi connectivity index (χ0) is 30.3. The van der Waals surface area contributed by atoms with Gasteiger partial charge >= 0.3 is 5.97 Å². The monoisotopic (exact) mass is 631 g/mol. The summed E-state index contributed by atoms with van der Waals surface area (Å²) in [7, 11) is -4.20. The van der Waals surface area contributed by atoms with Crippen LogP contribution in [0.15, 0.2) is 71.1 Å². The van der Waals surface area contributed by atoms with Crippen molar-refractivity contribution < 1.29 is 22.7 Å². The number of aromatic nitrogens is 2. The Morgan fingerprint density at radius 1 is 1.16 bits per heavy atom. The Balaban J connectivity index is 1.49. The normalized spacial score (nSPS) is 13.1. The molecule has 0 atom stereocenters. The molecule has 0 aliphatic heterocycles. The molecule has 1 fully saturated rings. The number of nitrogens with zero attached hydrogens (tertiary/aromatic N) is 2. The van der Waals surface area contributed by atoms with E-state index < -0.39 is 26.7 Å². The van der Waals surface area contributed by atoms with Gasteiger partial charge in [0.05, 0.1) is 4.88 Å². The zero-order valence-corrected chi connectivity index (χ0v) is 25.5. The molecule has 43 heavy (non-hydrogen) atoms. The highest BCUT2D eigenvalue weighted by molar-refractivity contribution is 7.89. The van der Waals surface area contributed by atoms with E-state index in [0.717, 1.165) is 52.1 Å². The van der Waals surface area contributed by atoms with Crippen molar-refractivity contribution in [1.82, 2.24) is 9.55 Å². The molecule has 3 aromatic heterocycles. The molecule has 0 bridgehead atoms. The quantitative estimate of drug-likeness (QED) is 0.192. The van der Waals surface area contributed by atoms with Crippen molar-refractivity contribution in [2.24, 2.45) is 11.1 Å². The number of aromatic carboxylic acids is 1. The van der Waals surface area contributed by atoms with Crippen LogP contribution in [0.5, 0.6) is 0 Å². The minimum Gasteiger partial charge on any atom is -0.476 e. The van der Waals surface area contributed by atoms with Gasteiger partial charge < -0.3 is 5.11 Å². The number of sulfonamides is 1. The van der Waals surface area contributed by atoms with Crippen LogP contribution in [0.1, 0.15) is 55.5 Å². The van der Waals surface area contributed by atoms with E-state index >= 15 is 0 Å². The van der Waals surface area contributed by atoms with Crippen LogP contribution in [0, 0.1) is 30.5 Å². The third kappa shape index (κ3) is 6.48. The van der Waals surface area contributed by atoms with Gasteiger partial charge in [-0.3, -0.25) is 4.57 Å². The summed E-state index contributed by atoms with van der Waals surface area (Å²) in [5.41, 5.74) is 5.06. The number of hydrogen-bond acceptors (Lipinski definition) is 6. The molecule has 11 heteroatoms. The number of carboxylic acids is 1. The Morgan fingerprint density at radius 2 is 1.98 bits per heavy atom. The smallest absolute Gasteiger partial charge is 0.355 e. The maximum Gasteiger partial charge on any atom is 0.355 e. The average Bonchev–Trinajstić information content (AvgIpc) is 3.30. The highest BCUT2D eigenvalue weighted by Crippen LogP contribution is 2.39. The third-order valence-electron chi connectivity index (χ3n) is 7.25. The Bertz CT molecular complexity index is 2040. The first-order chi connectivity index (χ1) is 20.5. The first kappa shape index (κ1) is 29.0. The lowest BCUT2D eigenvalue weighted by molar-refractivity contribution is 0.0691. The van der Waals surface area contributed by atoms with Crippen LogP contribution in [0.3, 0.4) is 0 Å². The second-order valence-electron chi connectivity index (χ2n) is 10.5. The van der Waals surface area contributed by atoms with Crippen molar-refractivity contribution in [2.75, 3.05) is 0 Å². The molecule has 1 aliphatic carbocycles. The van der Waals surface area contributed by atoms with E-state index in [-0.39, 0.29) is 5.69 Å². The summed E-state index contributed by atoms with van der Waals surface area (Å²) in [5, 5.41) is 16.7. The van der Waals surface area contributed by atoms with Crippen LogP contribution >= 0.6 is 22.7 Å². The molecule has 0 radical (unpaired) electrons. The van der Waals surface area contributed by atoms with Crippen molar-refractivity contribution in [3.05, 3.63) is 110 Å². The molecule has 5 aromatic rings. The first-order valence-electron chi connectivity index (χ1n) is 13.5. The molecular weight excluding hydrogens is 606 g/mol. The average molecular weight is 632 g/mol. The number of benzene rings is 2. The van der Waals surface area contributed by atoms with Crippen molar-refractivity contribution in [3.63, 3.8) is 0 Å². The summed E-state index contributed by atoms with van der Waals surface area (Å²) < 4.78 is 40.4. The topological polar surface area (TPSA) is 115 Å². The number of thiazole rings is 1. The van der Waals surface area contributed by atoms with Gasteiger partial charge in [0, 0.05) is 33.3 Å². The maximum absolute atomic E-state index is 14.9. The van der Waals surface area contributed by atoms with Crippen LogP contribution < -0.4 is 5.14 Å². The molecule has 6 rings (SSSR count). The van der Waals surface area contributed by atoms with Gasteiger partial charge in [0.15, 0.2) is 10.8 Å². The van der Waals surface area contributed by atoms with E-state index in [2.05, 4.69) is 16.8 Å². The molecule has 0 saturated heterocycles. The summed E-state index contributed by atoms with van der Waals surface area (Å²) in [6, 6.07) is 15.9. The van der Waals surface area contributed by atoms with E-state index in [1.54, 1.807) is 17.4 Å². The van der Waals surface area contributed by atoms with E-state index in [4.69, 9.17) is 5.14 Å². The third-order valence-corrected chi connectivity index (χ3v) is 9.95. The van der Waals surface area contributed by atoms with Gasteiger partial charge in [0.1, 0.15) is 10.7 Å². The predicted octanol–water partition coefficient (Wildman–Crippen LogP) is 6.40. The molecule has 1 saturated carbocycles. The lowest BCUT2D eigenvalue weighted by Gasteiger charge is -2.12. The number of halogens is 1. The molecule has 0 spiro atoms. The minimum atomic E-state index is -4.20. The van der Waals surface area contributed by atoms with Gasteiger partial charge in [0.25, 0.3) is 0 Å². The van der Waals surface area contributed by atoms with Gasteiger partial charge in [-0.1, -0.05) is 30.0 Å². The fourth-order valence-electron chi connectivity index (χ4n) is 4.98. The lowest BCUT2D eigenvalue weighted by atomic mass is 9.94. The Morgan fingerprint density at radius 3 is 2.63 bits per heavy atom. The molecule has 3 N–H and O–H groups in total. The highest BCUT2D eigenvalue weighted by atomic mass is 32.2. The van der Waals surface area contributed by atoms with Gasteiger partial charge in [-0.2, -0.15) is 0 Å². The molecule has 3 heterocycles. The maximum atomic E-state index is 14.9. The SMILES string of the molecule is Cc1ccc(C#Cc2cccc(-c3cn(-c4nc(C(=O)O)cs4)c(CC4CC4)c3Cc3ccc(S(N)(=O)=O)c(F)c3)c2)s1. The summed E-state index contributed by atoms with van der Waals surface area (Å²) in [4.78, 5) is 17.6. The largest absolute Gasteiger partial charge is 0.476 e. The van der Waals surface area contributed by atoms with E-state index in [9.17, 15) is 22.7 Å². The van der Waals surface area contributed by atoms with Gasteiger partial charge in [-0.05, 0) is 91.6 Å². The number of aryl methyl sites for hydroxylation is 1. The van der Waals surface area contributed by atoms with Crippen LogP contribution in [0.25, 0.3) is 16.3 Å². The molecule has 1 aliphatic rings. The number of thiophene rings is 1. The van der Waals surface area contributed by atoms with Crippen LogP contribution in [-0.2, 0) is 22.9 Å². The molecule has 0 unspecified atom stereocenters. The number of carboxylic acid groups (broad SMARTS) is 1. The predicted molar refractivity (Wildman–Crippen MR) is 166 cm³/mol. The second-order valence-corrected chi connectivity index (χ2v) is 14.2. The van der Waals surface area contributed by atoms with E-state index in [1.807, 2.05) is 54.1 Å². The fraction of sp³-hybridized carbons (Fsp3) is 0.188. The van der Waals surface area contributed by atoms with Crippen molar-refractivity contribution in [3.8, 4) is 28.1 Å². The summed E-state index contributed by atoms with van der Waals surface area (Å²) in [5.74, 6) is 4.95. The van der Waals surface area contributed by atoms with Gasteiger partial charge in [-0.15, -0.1) is 22.7 Å². The first-order valence-corrected chi connectivity index (χ1v) is 16.7. The van der Waals surface area contributed by atoms with E-state index in [1.165, 1.54) is 33.7 Å². The van der Waals surface area contributed by atoms with Gasteiger partial charge in [-0.25, -0.2) is 27.7 Å². The van der Waals surface area contributed by atoms with Crippen LogP contribution in [0.4, 0.5) is 4.39 Å². The van der Waals surface area contributed by atoms with Crippen LogP contribution in [0.2, 0.25) is 0 Å². The number of hydrogen-bond donors (Lipinski definition) is 2. The number of rotatable bonds is 8. The second kappa shape index (κ2) is 11.5. The molecule has 0 amide bonds. The van der Waals surface area contributed by atoms with E-state index in [0.29, 0.717) is 23.0 Å². The molecular formula is C32H26FN3O4S3. The fourth-order valence-corrected chi connectivity index (χ4v) is 7.09. The minimum absolute atomic E-state index is 0.0316. The Labute approximate surface area is 256 Å². The van der Waals surface area contributed by atoms with Crippen molar-refractivity contribution in [2.45, 2.75) is 37.5 Å². The standard InChI is InChI=1S/C32H26FN3O4S3/c1-19-5-10-24(42-19)11-8-20-3-2-4-23(13-20)26-17-36(32-35-28(18-41-32)31(37)38)29(16-21-6-7-21)25(26)14-22-9-12-30(27(33)15-22)43(34,39)40/h2-5,9-10,12-13,15,17-18,21H,6-7,14,16H2,1H3,(H,37,38)(H2,34,39,40). The molecule has 2 aromatic carbocycles. The van der Waals surface area contributed by atoms with Gasteiger partial charge in [0.2, 0.25) is 10.0 Å². The molecule has 7 nitrogen and oxygen atoms in total. The summed E-state index contributed by atoms with van der Waals surface area (Å²) >= 11 is 2.88. The van der Waals surface area contributed by atoms with Crippen molar-refractivity contribution >= 4 is 38.7 Å². The number of nitrogens with two attached hydrogens (primary N) is 1. The Hall–Kier alpha value is -4.08.